The van der Waals surface area contributed by atoms with Gasteiger partial charge in [-0.2, -0.15) is 5.10 Å². The highest BCUT2D eigenvalue weighted by Gasteiger charge is 2.11. The number of methoxy groups -OCH3 is 1. The normalized spacial score (nSPS) is 10.6. The Hall–Kier alpha value is -3.02. The number of phenols is 2. The van der Waals surface area contributed by atoms with Gasteiger partial charge >= 0.3 is 0 Å². The summed E-state index contributed by atoms with van der Waals surface area (Å²) in [4.78, 5) is 11.9. The van der Waals surface area contributed by atoms with Crippen LogP contribution in [0.15, 0.2) is 41.5 Å². The van der Waals surface area contributed by atoms with E-state index in [1.54, 1.807) is 24.3 Å². The first kappa shape index (κ1) is 15.4. The van der Waals surface area contributed by atoms with Gasteiger partial charge in [0.1, 0.15) is 17.2 Å². The number of benzene rings is 2. The van der Waals surface area contributed by atoms with E-state index in [0.717, 1.165) is 5.56 Å². The minimum Gasteiger partial charge on any atom is -0.507 e. The van der Waals surface area contributed by atoms with E-state index in [4.69, 9.17) is 4.74 Å². The molecule has 114 valence electrons. The number of aromatic hydroxyl groups is 2. The number of nitrogens with zero attached hydrogens (tertiary/aromatic N) is 1. The number of rotatable bonds is 4. The van der Waals surface area contributed by atoms with Crippen molar-refractivity contribution in [2.24, 2.45) is 5.10 Å². The Balaban J connectivity index is 2.09. The zero-order valence-corrected chi connectivity index (χ0v) is 12.2. The Morgan fingerprint density at radius 3 is 2.64 bits per heavy atom. The first-order chi connectivity index (χ1) is 10.5. The van der Waals surface area contributed by atoms with Crippen molar-refractivity contribution in [1.29, 1.82) is 0 Å². The van der Waals surface area contributed by atoms with Crippen molar-refractivity contribution in [3.05, 3.63) is 53.1 Å². The van der Waals surface area contributed by atoms with Crippen LogP contribution in [0.3, 0.4) is 0 Å². The fourth-order valence-electron chi connectivity index (χ4n) is 1.83. The molecule has 0 aliphatic carbocycles. The van der Waals surface area contributed by atoms with E-state index in [-0.39, 0.29) is 17.1 Å². The van der Waals surface area contributed by atoms with Crippen molar-refractivity contribution >= 4 is 12.1 Å². The number of carbonyl (C=O) groups is 1. The van der Waals surface area contributed by atoms with E-state index in [0.29, 0.717) is 11.3 Å². The van der Waals surface area contributed by atoms with Crippen LogP contribution in [0.25, 0.3) is 0 Å². The second-order valence-electron chi connectivity index (χ2n) is 4.64. The summed E-state index contributed by atoms with van der Waals surface area (Å²) < 4.78 is 4.94. The third kappa shape index (κ3) is 3.54. The van der Waals surface area contributed by atoms with Crippen molar-refractivity contribution in [2.45, 2.75) is 6.92 Å². The summed E-state index contributed by atoms with van der Waals surface area (Å²) >= 11 is 0. The summed E-state index contributed by atoms with van der Waals surface area (Å²) in [5, 5.41) is 23.2. The van der Waals surface area contributed by atoms with Crippen LogP contribution in [-0.4, -0.2) is 29.4 Å². The lowest BCUT2D eigenvalue weighted by Gasteiger charge is -2.05. The Morgan fingerprint density at radius 1 is 1.18 bits per heavy atom. The molecule has 2 rings (SSSR count). The molecule has 0 radical (unpaired) electrons. The lowest BCUT2D eigenvalue weighted by atomic mass is 10.1. The summed E-state index contributed by atoms with van der Waals surface area (Å²) in [6.07, 6.45) is 1.33. The van der Waals surface area contributed by atoms with Gasteiger partial charge in [-0.15, -0.1) is 0 Å². The zero-order chi connectivity index (χ0) is 16.1. The van der Waals surface area contributed by atoms with Crippen LogP contribution in [0.5, 0.6) is 17.2 Å². The van der Waals surface area contributed by atoms with Crippen LogP contribution in [0.4, 0.5) is 0 Å². The second kappa shape index (κ2) is 6.62. The summed E-state index contributed by atoms with van der Waals surface area (Å²) in [5.41, 5.74) is 3.81. The number of amides is 1. The van der Waals surface area contributed by atoms with Gasteiger partial charge < -0.3 is 14.9 Å². The van der Waals surface area contributed by atoms with Gasteiger partial charge in [0.05, 0.1) is 18.9 Å². The largest absolute Gasteiger partial charge is 0.507 e. The minimum atomic E-state index is -0.566. The number of aryl methyl sites for hydroxylation is 1. The Bertz CT molecular complexity index is 726. The highest BCUT2D eigenvalue weighted by Crippen LogP contribution is 2.23. The van der Waals surface area contributed by atoms with Gasteiger partial charge in [0.2, 0.25) is 0 Å². The second-order valence-corrected chi connectivity index (χ2v) is 4.64. The summed E-state index contributed by atoms with van der Waals surface area (Å²) in [6, 6.07) is 9.38. The van der Waals surface area contributed by atoms with Crippen LogP contribution in [0, 0.1) is 6.92 Å². The fraction of sp³-hybridized carbons (Fsp3) is 0.125. The van der Waals surface area contributed by atoms with Gasteiger partial charge in [-0.05, 0) is 31.2 Å². The number of nitrogens with one attached hydrogen (secondary N) is 1. The van der Waals surface area contributed by atoms with E-state index in [1.807, 2.05) is 6.92 Å². The number of hydrogen-bond acceptors (Lipinski definition) is 5. The van der Waals surface area contributed by atoms with Gasteiger partial charge in [-0.3, -0.25) is 4.79 Å². The summed E-state index contributed by atoms with van der Waals surface area (Å²) in [5.74, 6) is -0.257. The van der Waals surface area contributed by atoms with E-state index in [1.165, 1.54) is 25.5 Å². The topological polar surface area (TPSA) is 91.2 Å². The van der Waals surface area contributed by atoms with Gasteiger partial charge in [-0.25, -0.2) is 5.43 Å². The molecule has 22 heavy (non-hydrogen) atoms. The van der Waals surface area contributed by atoms with Crippen LogP contribution in [0.2, 0.25) is 0 Å². The van der Waals surface area contributed by atoms with E-state index < -0.39 is 5.91 Å². The van der Waals surface area contributed by atoms with Crippen LogP contribution in [0.1, 0.15) is 21.5 Å². The predicted molar refractivity (Wildman–Crippen MR) is 82.6 cm³/mol. The molecule has 2 aromatic carbocycles. The van der Waals surface area contributed by atoms with E-state index in [9.17, 15) is 15.0 Å². The highest BCUT2D eigenvalue weighted by molar-refractivity contribution is 5.97. The zero-order valence-electron chi connectivity index (χ0n) is 12.2. The molecule has 1 amide bonds. The molecule has 3 N–H and O–H groups in total. The average molecular weight is 300 g/mol. The molecule has 6 nitrogen and oxygen atoms in total. The van der Waals surface area contributed by atoms with Gasteiger partial charge in [0.25, 0.3) is 5.91 Å². The lowest BCUT2D eigenvalue weighted by Crippen LogP contribution is -2.17. The van der Waals surface area contributed by atoms with Crippen molar-refractivity contribution in [3.8, 4) is 17.2 Å². The van der Waals surface area contributed by atoms with E-state index in [2.05, 4.69) is 10.5 Å². The Kier molecular flexibility index (Phi) is 4.63. The van der Waals surface area contributed by atoms with Crippen LogP contribution >= 0.6 is 0 Å². The summed E-state index contributed by atoms with van der Waals surface area (Å²) in [6.45, 7) is 1.88. The molecule has 0 aliphatic heterocycles. The number of ether oxygens (including phenoxy) is 1. The van der Waals surface area contributed by atoms with Crippen LogP contribution < -0.4 is 10.2 Å². The first-order valence-electron chi connectivity index (χ1n) is 6.51. The first-order valence-corrected chi connectivity index (χ1v) is 6.51. The summed E-state index contributed by atoms with van der Waals surface area (Å²) in [7, 11) is 1.47. The SMILES string of the molecule is COc1ccc(C(=O)N/N=C\c2cc(C)ccc2O)c(O)c1. The fourth-order valence-corrected chi connectivity index (χ4v) is 1.83. The van der Waals surface area contributed by atoms with Crippen molar-refractivity contribution in [1.82, 2.24) is 5.43 Å². The maximum Gasteiger partial charge on any atom is 0.275 e. The van der Waals surface area contributed by atoms with Gasteiger partial charge in [-0.1, -0.05) is 11.6 Å². The number of hydrogen-bond donors (Lipinski definition) is 3. The maximum absolute atomic E-state index is 11.9. The van der Waals surface area contributed by atoms with Crippen molar-refractivity contribution in [2.75, 3.05) is 7.11 Å². The van der Waals surface area contributed by atoms with Gasteiger partial charge in [0, 0.05) is 11.6 Å². The molecule has 0 atom stereocenters. The number of carbonyl (C=O) groups excluding carboxylic acids is 1. The molecule has 6 heteroatoms. The highest BCUT2D eigenvalue weighted by atomic mass is 16.5. The molecule has 0 aromatic heterocycles. The minimum absolute atomic E-state index is 0.0656. The predicted octanol–water partition coefficient (Wildman–Crippen LogP) is 2.18. The lowest BCUT2D eigenvalue weighted by molar-refractivity contribution is 0.0952. The molecule has 0 aliphatic rings. The molecule has 0 saturated carbocycles. The Morgan fingerprint density at radius 2 is 1.95 bits per heavy atom. The van der Waals surface area contributed by atoms with Gasteiger partial charge in [0.15, 0.2) is 0 Å². The molecular formula is C16H16N2O4. The molecule has 0 unspecified atom stereocenters. The third-order valence-electron chi connectivity index (χ3n) is 3.00. The molecule has 0 heterocycles. The average Bonchev–Trinajstić information content (AvgIpc) is 2.50. The molecule has 2 aromatic rings. The molecule has 0 bridgehead atoms. The third-order valence-corrected chi connectivity index (χ3v) is 3.00. The molecule has 0 spiro atoms. The molecular weight excluding hydrogens is 284 g/mol. The quantitative estimate of drug-likeness (QED) is 0.596. The molecule has 0 fully saturated rings. The molecule has 0 saturated heterocycles. The van der Waals surface area contributed by atoms with Crippen molar-refractivity contribution < 1.29 is 19.7 Å². The smallest absolute Gasteiger partial charge is 0.275 e. The van der Waals surface area contributed by atoms with Crippen LogP contribution in [-0.2, 0) is 0 Å². The Labute approximate surface area is 127 Å². The maximum atomic E-state index is 11.9. The van der Waals surface area contributed by atoms with E-state index >= 15 is 0 Å². The van der Waals surface area contributed by atoms with Crippen molar-refractivity contribution in [3.63, 3.8) is 0 Å². The number of hydrazone groups is 1. The monoisotopic (exact) mass is 300 g/mol. The number of phenolic OH excluding ortho intramolecular Hbond substituents is 2. The standard InChI is InChI=1S/C16H16N2O4/c1-10-3-6-14(19)11(7-10)9-17-18-16(21)13-5-4-12(22-2)8-15(13)20/h3-9,19-20H,1-2H3,(H,18,21)/b17-9-.